The van der Waals surface area contributed by atoms with Crippen molar-refractivity contribution in [1.29, 1.82) is 0 Å². The SMILES string of the molecule is CCOC(=O)c1oc(C2(Br)CCCCC2)nc1CBr. The number of aromatic nitrogens is 1. The van der Waals surface area contributed by atoms with Gasteiger partial charge in [0.25, 0.3) is 0 Å². The first-order chi connectivity index (χ1) is 9.10. The second-order valence-electron chi connectivity index (χ2n) is 4.67. The third-order valence-electron chi connectivity index (χ3n) is 3.31. The van der Waals surface area contributed by atoms with Gasteiger partial charge in [0.05, 0.1) is 6.61 Å². The summed E-state index contributed by atoms with van der Waals surface area (Å²) >= 11 is 7.08. The molecule has 1 saturated carbocycles. The number of hydrogen-bond acceptors (Lipinski definition) is 4. The molecule has 1 aromatic heterocycles. The van der Waals surface area contributed by atoms with Crippen molar-refractivity contribution < 1.29 is 13.9 Å². The van der Waals surface area contributed by atoms with E-state index in [2.05, 4.69) is 36.8 Å². The van der Waals surface area contributed by atoms with Crippen LogP contribution in [0.15, 0.2) is 4.42 Å². The van der Waals surface area contributed by atoms with Gasteiger partial charge in [-0.2, -0.15) is 0 Å². The molecule has 1 fully saturated rings. The van der Waals surface area contributed by atoms with E-state index in [9.17, 15) is 4.79 Å². The lowest BCUT2D eigenvalue weighted by Crippen LogP contribution is -2.21. The van der Waals surface area contributed by atoms with Gasteiger partial charge in [-0.05, 0) is 19.8 Å². The molecule has 0 bridgehead atoms. The van der Waals surface area contributed by atoms with Crippen molar-refractivity contribution in [1.82, 2.24) is 4.98 Å². The summed E-state index contributed by atoms with van der Waals surface area (Å²) in [6.45, 7) is 2.10. The van der Waals surface area contributed by atoms with E-state index in [1.165, 1.54) is 6.42 Å². The number of carbonyl (C=O) groups is 1. The van der Waals surface area contributed by atoms with Crippen molar-refractivity contribution in [3.05, 3.63) is 17.3 Å². The zero-order chi connectivity index (χ0) is 13.9. The highest BCUT2D eigenvalue weighted by Gasteiger charge is 2.37. The van der Waals surface area contributed by atoms with Crippen molar-refractivity contribution in [3.63, 3.8) is 0 Å². The van der Waals surface area contributed by atoms with E-state index >= 15 is 0 Å². The lowest BCUT2D eigenvalue weighted by atomic mass is 9.89. The Labute approximate surface area is 129 Å². The number of nitrogens with zero attached hydrogens (tertiary/aromatic N) is 1. The van der Waals surface area contributed by atoms with Gasteiger partial charge in [0.2, 0.25) is 11.7 Å². The summed E-state index contributed by atoms with van der Waals surface area (Å²) in [5.74, 6) is 0.380. The Hall–Kier alpha value is -0.360. The minimum atomic E-state index is -0.442. The van der Waals surface area contributed by atoms with Crippen LogP contribution in [0.25, 0.3) is 0 Å². The van der Waals surface area contributed by atoms with Crippen LogP contribution >= 0.6 is 31.9 Å². The molecular formula is C13H17Br2NO3. The van der Waals surface area contributed by atoms with Crippen molar-refractivity contribution in [2.75, 3.05) is 6.61 Å². The smallest absolute Gasteiger partial charge is 0.376 e. The van der Waals surface area contributed by atoms with Crippen LogP contribution in [0.5, 0.6) is 0 Å². The zero-order valence-electron chi connectivity index (χ0n) is 10.9. The second kappa shape index (κ2) is 6.39. The molecule has 0 atom stereocenters. The molecule has 0 radical (unpaired) electrons. The number of ether oxygens (including phenoxy) is 1. The Bertz CT molecular complexity index is 453. The molecule has 0 amide bonds. The van der Waals surface area contributed by atoms with Gasteiger partial charge in [-0.3, -0.25) is 0 Å². The van der Waals surface area contributed by atoms with E-state index in [4.69, 9.17) is 9.15 Å². The average molecular weight is 395 g/mol. The van der Waals surface area contributed by atoms with Crippen LogP contribution < -0.4 is 0 Å². The predicted molar refractivity (Wildman–Crippen MR) is 78.8 cm³/mol. The van der Waals surface area contributed by atoms with Gasteiger partial charge in [-0.1, -0.05) is 51.1 Å². The van der Waals surface area contributed by atoms with E-state index in [0.29, 0.717) is 23.5 Å². The number of carbonyl (C=O) groups excluding carboxylic acids is 1. The van der Waals surface area contributed by atoms with Gasteiger partial charge in [0.1, 0.15) is 10.0 Å². The highest BCUT2D eigenvalue weighted by Crippen LogP contribution is 2.44. The van der Waals surface area contributed by atoms with Crippen molar-refractivity contribution in [2.45, 2.75) is 48.7 Å². The second-order valence-corrected chi connectivity index (χ2v) is 6.75. The summed E-state index contributed by atoms with van der Waals surface area (Å²) in [7, 11) is 0. The average Bonchev–Trinajstić information content (AvgIpc) is 2.85. The summed E-state index contributed by atoms with van der Waals surface area (Å²) in [5.41, 5.74) is 0.609. The molecule has 1 heterocycles. The lowest BCUT2D eigenvalue weighted by Gasteiger charge is -2.28. The molecule has 0 aliphatic heterocycles. The lowest BCUT2D eigenvalue weighted by molar-refractivity contribution is 0.0485. The molecule has 106 valence electrons. The molecule has 2 rings (SSSR count). The Morgan fingerprint density at radius 1 is 1.42 bits per heavy atom. The zero-order valence-corrected chi connectivity index (χ0v) is 14.0. The quantitative estimate of drug-likeness (QED) is 0.564. The number of halogens is 2. The van der Waals surface area contributed by atoms with E-state index in [-0.39, 0.29) is 10.1 Å². The summed E-state index contributed by atoms with van der Waals surface area (Å²) in [6, 6.07) is 0. The van der Waals surface area contributed by atoms with Gasteiger partial charge in [0.15, 0.2) is 0 Å². The van der Waals surface area contributed by atoms with Gasteiger partial charge in [-0.15, -0.1) is 0 Å². The van der Waals surface area contributed by atoms with Crippen LogP contribution in [0.4, 0.5) is 0 Å². The molecule has 0 spiro atoms. The van der Waals surface area contributed by atoms with E-state index in [0.717, 1.165) is 25.7 Å². The standard InChI is InChI=1S/C13H17Br2NO3/c1-2-18-11(17)10-9(8-14)16-12(19-10)13(15)6-4-3-5-7-13/h2-8H2,1H3. The normalized spacial score (nSPS) is 18.3. The van der Waals surface area contributed by atoms with Gasteiger partial charge in [-0.25, -0.2) is 9.78 Å². The molecule has 19 heavy (non-hydrogen) atoms. The van der Waals surface area contributed by atoms with Crippen LogP contribution in [0.3, 0.4) is 0 Å². The Balaban J connectivity index is 2.29. The van der Waals surface area contributed by atoms with Crippen LogP contribution in [0.1, 0.15) is 61.2 Å². The fourth-order valence-corrected chi connectivity index (χ4v) is 3.43. The summed E-state index contributed by atoms with van der Waals surface area (Å²) in [6.07, 6.45) is 5.50. The third-order valence-corrected chi connectivity index (χ3v) is 4.98. The molecule has 0 saturated heterocycles. The molecule has 0 unspecified atom stereocenters. The number of oxazole rings is 1. The highest BCUT2D eigenvalue weighted by molar-refractivity contribution is 9.09. The molecule has 4 nitrogen and oxygen atoms in total. The molecule has 1 aromatic rings. The third kappa shape index (κ3) is 3.21. The van der Waals surface area contributed by atoms with E-state index in [1.54, 1.807) is 6.92 Å². The molecule has 0 aromatic carbocycles. The van der Waals surface area contributed by atoms with Crippen molar-refractivity contribution in [3.8, 4) is 0 Å². The molecule has 0 N–H and O–H groups in total. The number of rotatable bonds is 4. The first-order valence-electron chi connectivity index (χ1n) is 6.53. The Morgan fingerprint density at radius 2 is 2.11 bits per heavy atom. The summed E-state index contributed by atoms with van der Waals surface area (Å²) < 4.78 is 10.5. The maximum absolute atomic E-state index is 11.8. The van der Waals surface area contributed by atoms with Crippen LogP contribution in [0.2, 0.25) is 0 Å². The van der Waals surface area contributed by atoms with Gasteiger partial charge in [0, 0.05) is 5.33 Å². The minimum absolute atomic E-state index is 0.220. The van der Waals surface area contributed by atoms with Gasteiger partial charge >= 0.3 is 5.97 Å². The van der Waals surface area contributed by atoms with Gasteiger partial charge < -0.3 is 9.15 Å². The molecular weight excluding hydrogens is 378 g/mol. The Kier molecular flexibility index (Phi) is 5.06. The van der Waals surface area contributed by atoms with Crippen LogP contribution in [0, 0.1) is 0 Å². The molecule has 1 aliphatic rings. The van der Waals surface area contributed by atoms with Crippen LogP contribution in [-0.4, -0.2) is 17.6 Å². The maximum Gasteiger partial charge on any atom is 0.376 e. The fourth-order valence-electron chi connectivity index (χ4n) is 2.32. The van der Waals surface area contributed by atoms with Crippen molar-refractivity contribution >= 4 is 37.8 Å². The largest absolute Gasteiger partial charge is 0.460 e. The van der Waals surface area contributed by atoms with E-state index in [1.807, 2.05) is 0 Å². The Morgan fingerprint density at radius 3 is 2.68 bits per heavy atom. The fraction of sp³-hybridized carbons (Fsp3) is 0.692. The maximum atomic E-state index is 11.8. The first kappa shape index (κ1) is 15.0. The summed E-state index contributed by atoms with van der Waals surface area (Å²) in [4.78, 5) is 16.3. The first-order valence-corrected chi connectivity index (χ1v) is 8.44. The number of hydrogen-bond donors (Lipinski definition) is 0. The molecule has 1 aliphatic carbocycles. The summed E-state index contributed by atoms with van der Waals surface area (Å²) in [5, 5.41) is 0.480. The topological polar surface area (TPSA) is 52.3 Å². The predicted octanol–water partition coefficient (Wildman–Crippen LogP) is 4.30. The number of alkyl halides is 2. The van der Waals surface area contributed by atoms with Crippen molar-refractivity contribution in [2.24, 2.45) is 0 Å². The minimum Gasteiger partial charge on any atom is -0.460 e. The highest BCUT2D eigenvalue weighted by atomic mass is 79.9. The van der Waals surface area contributed by atoms with Crippen LogP contribution in [-0.2, 0) is 14.4 Å². The number of esters is 1. The van der Waals surface area contributed by atoms with E-state index < -0.39 is 5.97 Å². The molecule has 6 heteroatoms. The monoisotopic (exact) mass is 393 g/mol.